The van der Waals surface area contributed by atoms with Crippen molar-refractivity contribution in [2.45, 2.75) is 44.9 Å². The summed E-state index contributed by atoms with van der Waals surface area (Å²) < 4.78 is 26.2. The Bertz CT molecular complexity index is 335. The summed E-state index contributed by atoms with van der Waals surface area (Å²) in [5.41, 5.74) is -0.283. The molecule has 1 heterocycles. The third-order valence-corrected chi connectivity index (χ3v) is 2.65. The third-order valence-electron chi connectivity index (χ3n) is 2.65. The molecule has 0 atom stereocenters. The van der Waals surface area contributed by atoms with Gasteiger partial charge in [-0.2, -0.15) is 5.10 Å². The first-order valence-corrected chi connectivity index (χ1v) is 5.20. The van der Waals surface area contributed by atoms with Gasteiger partial charge in [0.2, 0.25) is 0 Å². The van der Waals surface area contributed by atoms with Gasteiger partial charge in [-0.15, -0.1) is 0 Å². The van der Waals surface area contributed by atoms with Crippen LogP contribution in [0.5, 0.6) is 0 Å². The Morgan fingerprint density at radius 1 is 1.38 bits per heavy atom. The maximum atomic E-state index is 12.3. The number of aliphatic hydroxyl groups is 2. The molecule has 1 rings (SSSR count). The summed E-state index contributed by atoms with van der Waals surface area (Å²) in [6.45, 7) is 3.90. The molecule has 92 valence electrons. The topological polar surface area (TPSA) is 58.3 Å². The fourth-order valence-corrected chi connectivity index (χ4v) is 1.52. The predicted molar refractivity (Wildman–Crippen MR) is 54.0 cm³/mol. The van der Waals surface area contributed by atoms with Crippen molar-refractivity contribution in [3.8, 4) is 0 Å². The average Bonchev–Trinajstić information content (AvgIpc) is 2.69. The van der Waals surface area contributed by atoms with E-state index in [1.54, 1.807) is 0 Å². The Labute approximate surface area is 92.5 Å². The lowest BCUT2D eigenvalue weighted by Gasteiger charge is -2.18. The van der Waals surface area contributed by atoms with Crippen LogP contribution >= 0.6 is 0 Å². The van der Waals surface area contributed by atoms with Gasteiger partial charge in [-0.25, -0.2) is 8.78 Å². The van der Waals surface area contributed by atoms with E-state index >= 15 is 0 Å². The van der Waals surface area contributed by atoms with E-state index in [4.69, 9.17) is 10.2 Å². The summed E-state index contributed by atoms with van der Waals surface area (Å²) in [4.78, 5) is 0. The number of alkyl halides is 2. The van der Waals surface area contributed by atoms with Gasteiger partial charge in [0, 0.05) is 6.20 Å². The van der Waals surface area contributed by atoms with Crippen LogP contribution in [0.25, 0.3) is 0 Å². The molecule has 0 aliphatic rings. The summed E-state index contributed by atoms with van der Waals surface area (Å²) in [6.07, 6.45) is 0.660. The fraction of sp³-hybridized carbons (Fsp3) is 0.700. The largest absolute Gasteiger partial charge is 0.357 e. The van der Waals surface area contributed by atoms with Crippen LogP contribution in [0.4, 0.5) is 8.78 Å². The summed E-state index contributed by atoms with van der Waals surface area (Å²) in [5, 5.41) is 22.2. The summed E-state index contributed by atoms with van der Waals surface area (Å²) in [5.74, 6) is -3.12. The number of aromatic nitrogens is 2. The van der Waals surface area contributed by atoms with Crippen LogP contribution in [0.2, 0.25) is 0 Å². The fourth-order valence-electron chi connectivity index (χ4n) is 1.52. The van der Waals surface area contributed by atoms with E-state index in [1.807, 2.05) is 13.8 Å². The zero-order valence-electron chi connectivity index (χ0n) is 9.27. The Balaban J connectivity index is 2.94. The molecule has 0 fully saturated rings. The number of hydrogen-bond donors (Lipinski definition) is 2. The van der Waals surface area contributed by atoms with Crippen molar-refractivity contribution >= 4 is 0 Å². The zero-order chi connectivity index (χ0) is 12.3. The Kier molecular flexibility index (Phi) is 3.98. The molecule has 1 aromatic heterocycles. The quantitative estimate of drug-likeness (QED) is 0.761. The molecule has 0 aliphatic carbocycles. The molecule has 0 bridgehead atoms. The maximum absolute atomic E-state index is 12.3. The van der Waals surface area contributed by atoms with Crippen molar-refractivity contribution < 1.29 is 19.0 Å². The van der Waals surface area contributed by atoms with Gasteiger partial charge in [0.15, 0.2) is 0 Å². The lowest BCUT2D eigenvalue weighted by atomic mass is 10.1. The second-order valence-electron chi connectivity index (χ2n) is 3.71. The van der Waals surface area contributed by atoms with Crippen LogP contribution in [-0.2, 0) is 5.79 Å². The summed E-state index contributed by atoms with van der Waals surface area (Å²) in [6, 6.07) is 0.0854. The molecule has 0 aromatic carbocycles. The summed E-state index contributed by atoms with van der Waals surface area (Å²) >= 11 is 0. The van der Waals surface area contributed by atoms with Crippen molar-refractivity contribution in [2.24, 2.45) is 0 Å². The van der Waals surface area contributed by atoms with Crippen LogP contribution in [0.3, 0.4) is 0 Å². The molecule has 0 unspecified atom stereocenters. The first kappa shape index (κ1) is 13.1. The Hall–Kier alpha value is -1.01. The minimum atomic E-state index is -3.26. The standard InChI is InChI=1S/C10H16F2N2O2/c1-3-8(4-2)14-6-7(5-13-14)10(15,16)9(11)12/h5-6,8-9,15-16H,3-4H2,1-2H3. The van der Waals surface area contributed by atoms with Gasteiger partial charge in [-0.1, -0.05) is 13.8 Å². The van der Waals surface area contributed by atoms with Crippen LogP contribution in [-0.4, -0.2) is 26.4 Å². The molecule has 0 amide bonds. The van der Waals surface area contributed by atoms with Gasteiger partial charge in [-0.05, 0) is 12.8 Å². The minimum Gasteiger partial charge on any atom is -0.357 e. The monoisotopic (exact) mass is 234 g/mol. The molecule has 1 aromatic rings. The van der Waals surface area contributed by atoms with Gasteiger partial charge < -0.3 is 10.2 Å². The number of rotatable bonds is 5. The van der Waals surface area contributed by atoms with Gasteiger partial charge in [0.1, 0.15) is 0 Å². The molecule has 0 spiro atoms. The van der Waals surface area contributed by atoms with Gasteiger partial charge in [0.25, 0.3) is 12.2 Å². The highest BCUT2D eigenvalue weighted by molar-refractivity contribution is 5.12. The van der Waals surface area contributed by atoms with Crippen molar-refractivity contribution in [3.63, 3.8) is 0 Å². The predicted octanol–water partition coefficient (Wildman–Crippen LogP) is 1.65. The second-order valence-corrected chi connectivity index (χ2v) is 3.71. The SMILES string of the molecule is CCC(CC)n1cc(C(O)(O)C(F)F)cn1. The third kappa shape index (κ3) is 2.38. The second kappa shape index (κ2) is 4.88. The highest BCUT2D eigenvalue weighted by Crippen LogP contribution is 2.26. The van der Waals surface area contributed by atoms with Gasteiger partial charge in [-0.3, -0.25) is 4.68 Å². The molecule has 6 heteroatoms. The van der Waals surface area contributed by atoms with E-state index in [0.717, 1.165) is 19.0 Å². The highest BCUT2D eigenvalue weighted by Gasteiger charge is 2.38. The zero-order valence-corrected chi connectivity index (χ0v) is 9.27. The van der Waals surface area contributed by atoms with Crippen LogP contribution in [0, 0.1) is 0 Å². The first-order chi connectivity index (χ1) is 7.43. The maximum Gasteiger partial charge on any atom is 0.295 e. The number of nitrogens with zero attached hydrogens (tertiary/aromatic N) is 2. The Morgan fingerprint density at radius 3 is 2.38 bits per heavy atom. The minimum absolute atomic E-state index is 0.0854. The van der Waals surface area contributed by atoms with Crippen LogP contribution < -0.4 is 0 Å². The number of hydrogen-bond acceptors (Lipinski definition) is 3. The van der Waals surface area contributed by atoms with E-state index in [-0.39, 0.29) is 11.6 Å². The van der Waals surface area contributed by atoms with Crippen LogP contribution in [0.15, 0.2) is 12.4 Å². The Morgan fingerprint density at radius 2 is 1.94 bits per heavy atom. The first-order valence-electron chi connectivity index (χ1n) is 5.20. The molecule has 0 saturated heterocycles. The van der Waals surface area contributed by atoms with E-state index < -0.39 is 12.2 Å². The smallest absolute Gasteiger partial charge is 0.295 e. The van der Waals surface area contributed by atoms with Crippen molar-refractivity contribution in [1.29, 1.82) is 0 Å². The average molecular weight is 234 g/mol. The van der Waals surface area contributed by atoms with Gasteiger partial charge >= 0.3 is 0 Å². The van der Waals surface area contributed by atoms with E-state index in [0.29, 0.717) is 0 Å². The van der Waals surface area contributed by atoms with E-state index in [9.17, 15) is 8.78 Å². The molecular weight excluding hydrogens is 218 g/mol. The highest BCUT2D eigenvalue weighted by atomic mass is 19.3. The molecule has 4 nitrogen and oxygen atoms in total. The van der Waals surface area contributed by atoms with E-state index in [2.05, 4.69) is 5.10 Å². The molecule has 0 radical (unpaired) electrons. The van der Waals surface area contributed by atoms with Gasteiger partial charge in [0.05, 0.1) is 17.8 Å². The summed E-state index contributed by atoms with van der Waals surface area (Å²) in [7, 11) is 0. The molecule has 16 heavy (non-hydrogen) atoms. The van der Waals surface area contributed by atoms with Crippen molar-refractivity contribution in [2.75, 3.05) is 0 Å². The molecule has 0 aliphatic heterocycles. The molecule has 2 N–H and O–H groups in total. The molecular formula is C10H16F2N2O2. The van der Waals surface area contributed by atoms with Crippen molar-refractivity contribution in [3.05, 3.63) is 18.0 Å². The lowest BCUT2D eigenvalue weighted by molar-refractivity contribution is -0.248. The van der Waals surface area contributed by atoms with E-state index in [1.165, 1.54) is 10.9 Å². The normalized spacial score (nSPS) is 12.8. The van der Waals surface area contributed by atoms with Crippen LogP contribution in [0.1, 0.15) is 38.3 Å². The lowest BCUT2D eigenvalue weighted by Crippen LogP contribution is -2.33. The number of halogens is 2. The van der Waals surface area contributed by atoms with Crippen molar-refractivity contribution in [1.82, 2.24) is 9.78 Å². The molecule has 0 saturated carbocycles.